The molecule has 4 rings (SSSR count). The van der Waals surface area contributed by atoms with Crippen LogP contribution >= 0.6 is 0 Å². The Kier molecular flexibility index (Phi) is 7.83. The van der Waals surface area contributed by atoms with Crippen molar-refractivity contribution in [3.63, 3.8) is 0 Å². The van der Waals surface area contributed by atoms with Gasteiger partial charge >= 0.3 is 6.18 Å². The molecule has 0 saturated carbocycles. The number of benzene rings is 1. The summed E-state index contributed by atoms with van der Waals surface area (Å²) in [7, 11) is -3.79. The molecule has 1 N–H and O–H groups in total. The van der Waals surface area contributed by atoms with E-state index in [9.17, 15) is 31.2 Å². The van der Waals surface area contributed by atoms with Crippen LogP contribution in [0.3, 0.4) is 0 Å². The first kappa shape index (κ1) is 27.3. The smallest absolute Gasteiger partial charge is 0.350 e. The summed E-state index contributed by atoms with van der Waals surface area (Å²) < 4.78 is 67.1. The van der Waals surface area contributed by atoms with Crippen LogP contribution in [0.2, 0.25) is 0 Å². The van der Waals surface area contributed by atoms with Gasteiger partial charge in [0.15, 0.2) is 0 Å². The molecule has 3 heterocycles. The van der Waals surface area contributed by atoms with E-state index in [1.54, 1.807) is 6.92 Å². The molecule has 0 radical (unpaired) electrons. The molecule has 9 nitrogen and oxygen atoms in total. The molecule has 37 heavy (non-hydrogen) atoms. The van der Waals surface area contributed by atoms with Crippen LogP contribution in [0, 0.1) is 23.2 Å². The van der Waals surface area contributed by atoms with E-state index in [4.69, 9.17) is 5.26 Å². The van der Waals surface area contributed by atoms with Gasteiger partial charge in [0.05, 0.1) is 23.5 Å². The summed E-state index contributed by atoms with van der Waals surface area (Å²) in [4.78, 5) is 27.9. The number of nitrogens with zero attached hydrogens (tertiary/aromatic N) is 4. The lowest BCUT2D eigenvalue weighted by molar-refractivity contribution is -0.143. The maximum absolute atomic E-state index is 13.5. The fraction of sp³-hybridized carbons (Fsp3) is 0.625. The van der Waals surface area contributed by atoms with Crippen molar-refractivity contribution in [1.29, 1.82) is 5.26 Å². The Morgan fingerprint density at radius 3 is 2.38 bits per heavy atom. The molecule has 3 saturated heterocycles. The van der Waals surface area contributed by atoms with Gasteiger partial charge in [-0.1, -0.05) is 12.1 Å². The van der Waals surface area contributed by atoms with E-state index in [1.165, 1.54) is 25.6 Å². The first-order valence-electron chi connectivity index (χ1n) is 12.3. The molecular weight excluding hydrogens is 511 g/mol. The van der Waals surface area contributed by atoms with Crippen LogP contribution in [0.15, 0.2) is 24.3 Å². The maximum Gasteiger partial charge on any atom is 0.416 e. The first-order chi connectivity index (χ1) is 17.4. The molecule has 0 unspecified atom stereocenters. The molecular formula is C24H30F3N5O4S. The van der Waals surface area contributed by atoms with Crippen LogP contribution in [0.1, 0.15) is 43.7 Å². The van der Waals surface area contributed by atoms with Gasteiger partial charge in [-0.05, 0) is 50.3 Å². The second-order valence-electron chi connectivity index (χ2n) is 9.85. The van der Waals surface area contributed by atoms with E-state index in [2.05, 4.69) is 11.4 Å². The average Bonchev–Trinajstić information content (AvgIpc) is 3.31. The SMILES string of the molecule is C[C@H]1[C@@H](C(=O)N2CCC[C@@H]2C(=O)NCc2ccc(C(F)(F)F)cc2)CCCN1S(=O)(=O)N1CC(C#N)C1. The highest BCUT2D eigenvalue weighted by atomic mass is 32.2. The van der Waals surface area contributed by atoms with Crippen molar-refractivity contribution in [2.24, 2.45) is 11.8 Å². The Labute approximate surface area is 214 Å². The summed E-state index contributed by atoms with van der Waals surface area (Å²) in [6.07, 6.45) is -2.35. The number of rotatable bonds is 6. The van der Waals surface area contributed by atoms with E-state index < -0.39 is 40.0 Å². The van der Waals surface area contributed by atoms with Gasteiger partial charge in [-0.3, -0.25) is 9.59 Å². The Bertz CT molecular complexity index is 1160. The predicted molar refractivity (Wildman–Crippen MR) is 127 cm³/mol. The van der Waals surface area contributed by atoms with E-state index in [0.717, 1.165) is 12.1 Å². The van der Waals surface area contributed by atoms with Gasteiger partial charge < -0.3 is 10.2 Å². The van der Waals surface area contributed by atoms with Crippen molar-refractivity contribution in [2.45, 2.75) is 57.4 Å². The predicted octanol–water partition coefficient (Wildman–Crippen LogP) is 2.11. The van der Waals surface area contributed by atoms with Crippen molar-refractivity contribution in [2.75, 3.05) is 26.2 Å². The molecule has 0 aliphatic carbocycles. The number of carbonyl (C=O) groups excluding carboxylic acids is 2. The minimum Gasteiger partial charge on any atom is -0.350 e. The molecule has 3 aliphatic heterocycles. The van der Waals surface area contributed by atoms with Crippen LogP contribution < -0.4 is 5.32 Å². The molecule has 1 aromatic carbocycles. The van der Waals surface area contributed by atoms with Crippen LogP contribution in [0.25, 0.3) is 0 Å². The molecule has 3 atom stereocenters. The summed E-state index contributed by atoms with van der Waals surface area (Å²) >= 11 is 0. The van der Waals surface area contributed by atoms with Crippen molar-refractivity contribution >= 4 is 22.0 Å². The van der Waals surface area contributed by atoms with Crippen LogP contribution in [0.4, 0.5) is 13.2 Å². The largest absolute Gasteiger partial charge is 0.416 e. The summed E-state index contributed by atoms with van der Waals surface area (Å²) in [6, 6.07) is 5.27. The molecule has 3 fully saturated rings. The fourth-order valence-electron chi connectivity index (χ4n) is 5.26. The van der Waals surface area contributed by atoms with Crippen LogP contribution in [-0.4, -0.2) is 72.0 Å². The molecule has 0 bridgehead atoms. The standard InChI is InChI=1S/C24H30F3N5O4S/c1-16-20(4-2-11-32(16)37(35,36)30-14-18(12-28)15-30)23(34)31-10-3-5-21(31)22(33)29-13-17-6-8-19(9-7-17)24(25,26)27/h6-9,16,18,20-21H,2-5,10-11,13-15H2,1H3,(H,29,33)/t16-,20-,21+/m0/s1. The summed E-state index contributed by atoms with van der Waals surface area (Å²) in [5.41, 5.74) is -0.268. The third kappa shape index (κ3) is 5.61. The Balaban J connectivity index is 1.38. The van der Waals surface area contributed by atoms with Gasteiger partial charge in [0.25, 0.3) is 10.2 Å². The lowest BCUT2D eigenvalue weighted by Gasteiger charge is -2.44. The van der Waals surface area contributed by atoms with E-state index >= 15 is 0 Å². The highest BCUT2D eigenvalue weighted by molar-refractivity contribution is 7.86. The van der Waals surface area contributed by atoms with Gasteiger partial charge in [-0.2, -0.15) is 35.5 Å². The zero-order valence-corrected chi connectivity index (χ0v) is 21.3. The summed E-state index contributed by atoms with van der Waals surface area (Å²) in [6.45, 7) is 2.70. The number of hydrogen-bond acceptors (Lipinski definition) is 5. The molecule has 0 aromatic heterocycles. The number of halogens is 3. The zero-order valence-electron chi connectivity index (χ0n) is 20.4. The van der Waals surface area contributed by atoms with Gasteiger partial charge in [0.1, 0.15) is 6.04 Å². The van der Waals surface area contributed by atoms with E-state index in [0.29, 0.717) is 37.8 Å². The third-order valence-electron chi connectivity index (χ3n) is 7.49. The second kappa shape index (κ2) is 10.6. The number of carbonyl (C=O) groups is 2. The molecule has 1 aromatic rings. The topological polar surface area (TPSA) is 114 Å². The fourth-order valence-corrected chi connectivity index (χ4v) is 7.22. The van der Waals surface area contributed by atoms with Crippen LogP contribution in [0.5, 0.6) is 0 Å². The minimum absolute atomic E-state index is 0.0287. The number of nitrogens with one attached hydrogen (secondary N) is 1. The number of amides is 2. The normalized spacial score (nSPS) is 25.9. The number of alkyl halides is 3. The second-order valence-corrected chi connectivity index (χ2v) is 11.7. The van der Waals surface area contributed by atoms with Crippen molar-refractivity contribution < 1.29 is 31.2 Å². The highest BCUT2D eigenvalue weighted by Gasteiger charge is 2.47. The summed E-state index contributed by atoms with van der Waals surface area (Å²) in [5, 5.41) is 11.7. The van der Waals surface area contributed by atoms with Gasteiger partial charge in [0, 0.05) is 38.8 Å². The lowest BCUT2D eigenvalue weighted by atomic mass is 9.90. The van der Waals surface area contributed by atoms with Crippen molar-refractivity contribution in [3.05, 3.63) is 35.4 Å². The number of hydrogen-bond donors (Lipinski definition) is 1. The van der Waals surface area contributed by atoms with E-state index in [-0.39, 0.29) is 43.9 Å². The quantitative estimate of drug-likeness (QED) is 0.593. The average molecular weight is 542 g/mol. The molecule has 13 heteroatoms. The van der Waals surface area contributed by atoms with Crippen LogP contribution in [-0.2, 0) is 32.5 Å². The maximum atomic E-state index is 13.5. The molecule has 0 spiro atoms. The lowest BCUT2D eigenvalue weighted by Crippen LogP contribution is -2.60. The third-order valence-corrected chi connectivity index (χ3v) is 9.55. The van der Waals surface area contributed by atoms with Gasteiger partial charge in [-0.15, -0.1) is 0 Å². The monoisotopic (exact) mass is 541 g/mol. The first-order valence-corrected chi connectivity index (χ1v) is 13.7. The number of likely N-dealkylation sites (tertiary alicyclic amines) is 1. The van der Waals surface area contributed by atoms with Gasteiger partial charge in [-0.25, -0.2) is 0 Å². The zero-order chi connectivity index (χ0) is 27.0. The molecule has 2 amide bonds. The Morgan fingerprint density at radius 1 is 1.11 bits per heavy atom. The Hall–Kier alpha value is -2.69. The van der Waals surface area contributed by atoms with Crippen molar-refractivity contribution in [3.8, 4) is 6.07 Å². The van der Waals surface area contributed by atoms with E-state index in [1.807, 2.05) is 0 Å². The number of nitriles is 1. The van der Waals surface area contributed by atoms with Crippen molar-refractivity contribution in [1.82, 2.24) is 18.8 Å². The molecule has 202 valence electrons. The number of piperidine rings is 1. The molecule has 3 aliphatic rings. The summed E-state index contributed by atoms with van der Waals surface area (Å²) in [5.74, 6) is -1.57. The highest BCUT2D eigenvalue weighted by Crippen LogP contribution is 2.33. The Morgan fingerprint density at radius 2 is 1.76 bits per heavy atom. The van der Waals surface area contributed by atoms with Gasteiger partial charge in [0.2, 0.25) is 11.8 Å². The minimum atomic E-state index is -4.44.